The fourth-order valence-corrected chi connectivity index (χ4v) is 2.56. The summed E-state index contributed by atoms with van der Waals surface area (Å²) >= 11 is 0. The quantitative estimate of drug-likeness (QED) is 0.729. The summed E-state index contributed by atoms with van der Waals surface area (Å²) in [5.74, 6) is -1.63. The standard InChI is InChI=1S/C13H17NO6S/c1-10(15)14-13(17)21(18,19)9-11(16)7-8-20-12-5-3-2-4-6-12/h2-3,6H,4-5,7-9H2,1H3,(H,14,15,17). The molecule has 116 valence electrons. The third kappa shape index (κ3) is 6.35. The predicted octanol–water partition coefficient (Wildman–Crippen LogP) is 0.867. The first-order valence-corrected chi connectivity index (χ1v) is 7.99. The van der Waals surface area contributed by atoms with Gasteiger partial charge in [0.1, 0.15) is 5.75 Å². The van der Waals surface area contributed by atoms with Crippen molar-refractivity contribution in [1.29, 1.82) is 0 Å². The Labute approximate surface area is 123 Å². The molecule has 7 nitrogen and oxygen atoms in total. The molecule has 0 unspecified atom stereocenters. The Hall–Kier alpha value is -1.96. The van der Waals surface area contributed by atoms with Gasteiger partial charge in [-0.1, -0.05) is 12.2 Å². The van der Waals surface area contributed by atoms with Crippen molar-refractivity contribution in [1.82, 2.24) is 5.32 Å². The largest absolute Gasteiger partial charge is 0.497 e. The summed E-state index contributed by atoms with van der Waals surface area (Å²) < 4.78 is 28.3. The van der Waals surface area contributed by atoms with Gasteiger partial charge in [0, 0.05) is 19.8 Å². The molecule has 0 aromatic carbocycles. The molecule has 0 aromatic rings. The molecule has 1 rings (SSSR count). The van der Waals surface area contributed by atoms with E-state index in [1.165, 1.54) is 0 Å². The van der Waals surface area contributed by atoms with Crippen molar-refractivity contribution in [2.45, 2.75) is 26.2 Å². The molecule has 1 N–H and O–H groups in total. The molecule has 0 atom stereocenters. The van der Waals surface area contributed by atoms with Gasteiger partial charge in [-0.25, -0.2) is 8.42 Å². The second-order valence-electron chi connectivity index (χ2n) is 4.45. The molecule has 0 radical (unpaired) electrons. The Balaban J connectivity index is 2.37. The SMILES string of the molecule is CC(=O)NC(=O)S(=O)(=O)CC(=O)CCOC1=CCC=CC1. The maximum Gasteiger partial charge on any atom is 0.343 e. The van der Waals surface area contributed by atoms with E-state index in [1.54, 1.807) is 5.32 Å². The van der Waals surface area contributed by atoms with Crippen LogP contribution in [0.2, 0.25) is 0 Å². The van der Waals surface area contributed by atoms with Crippen LogP contribution in [0.3, 0.4) is 0 Å². The number of carbonyl (C=O) groups is 3. The van der Waals surface area contributed by atoms with Gasteiger partial charge in [-0.15, -0.1) is 0 Å². The van der Waals surface area contributed by atoms with E-state index in [4.69, 9.17) is 4.74 Å². The lowest BCUT2D eigenvalue weighted by molar-refractivity contribution is -0.118. The van der Waals surface area contributed by atoms with Crippen LogP contribution in [0.4, 0.5) is 4.79 Å². The molecule has 1 aliphatic carbocycles. The topological polar surface area (TPSA) is 107 Å². The summed E-state index contributed by atoms with van der Waals surface area (Å²) in [5.41, 5.74) is 0. The Morgan fingerprint density at radius 3 is 2.57 bits per heavy atom. The molecule has 0 saturated heterocycles. The second kappa shape index (κ2) is 7.72. The molecule has 8 heteroatoms. The maximum absolute atomic E-state index is 11.5. The minimum atomic E-state index is -4.31. The number of ether oxygens (including phenoxy) is 1. The fourth-order valence-electron chi connectivity index (χ4n) is 1.56. The number of hydrogen-bond donors (Lipinski definition) is 1. The van der Waals surface area contributed by atoms with Gasteiger partial charge in [-0.2, -0.15) is 0 Å². The number of rotatable bonds is 6. The molecular weight excluding hydrogens is 298 g/mol. The van der Waals surface area contributed by atoms with Gasteiger partial charge in [0.2, 0.25) is 15.7 Å². The minimum Gasteiger partial charge on any atom is -0.497 e. The number of carbonyl (C=O) groups excluding carboxylic acids is 3. The number of ketones is 1. The zero-order chi connectivity index (χ0) is 15.9. The molecule has 0 saturated carbocycles. The molecule has 0 bridgehead atoms. The zero-order valence-electron chi connectivity index (χ0n) is 11.6. The number of hydrogen-bond acceptors (Lipinski definition) is 6. The number of nitrogens with one attached hydrogen (secondary N) is 1. The van der Waals surface area contributed by atoms with Crippen LogP contribution in [0.25, 0.3) is 0 Å². The van der Waals surface area contributed by atoms with E-state index in [-0.39, 0.29) is 13.0 Å². The first-order chi connectivity index (χ1) is 9.81. The number of allylic oxidation sites excluding steroid dienone is 3. The summed E-state index contributed by atoms with van der Waals surface area (Å²) in [4.78, 5) is 33.4. The van der Waals surface area contributed by atoms with Crippen molar-refractivity contribution < 1.29 is 27.5 Å². The first-order valence-electron chi connectivity index (χ1n) is 6.34. The third-order valence-corrected chi connectivity index (χ3v) is 3.92. The van der Waals surface area contributed by atoms with Crippen LogP contribution in [-0.2, 0) is 24.2 Å². The third-order valence-electron chi connectivity index (χ3n) is 2.55. The van der Waals surface area contributed by atoms with E-state index >= 15 is 0 Å². The van der Waals surface area contributed by atoms with Crippen molar-refractivity contribution >= 4 is 26.8 Å². The summed E-state index contributed by atoms with van der Waals surface area (Å²) in [5, 5.41) is 0.176. The molecule has 1 aliphatic rings. The average Bonchev–Trinajstić information content (AvgIpc) is 2.38. The monoisotopic (exact) mass is 315 g/mol. The second-order valence-corrected chi connectivity index (χ2v) is 6.34. The summed E-state index contributed by atoms with van der Waals surface area (Å²) in [7, 11) is -4.31. The van der Waals surface area contributed by atoms with Crippen LogP contribution in [0.15, 0.2) is 24.0 Å². The van der Waals surface area contributed by atoms with E-state index in [1.807, 2.05) is 18.2 Å². The smallest absolute Gasteiger partial charge is 0.343 e. The molecule has 2 amide bonds. The summed E-state index contributed by atoms with van der Waals surface area (Å²) in [6.45, 7) is 1.07. The van der Waals surface area contributed by atoms with Crippen molar-refractivity contribution in [3.8, 4) is 0 Å². The lowest BCUT2D eigenvalue weighted by Crippen LogP contribution is -2.36. The van der Waals surface area contributed by atoms with Gasteiger partial charge in [0.25, 0.3) is 0 Å². The molecular formula is C13H17NO6S. The molecule has 21 heavy (non-hydrogen) atoms. The lowest BCUT2D eigenvalue weighted by Gasteiger charge is -2.10. The van der Waals surface area contributed by atoms with Gasteiger partial charge in [0.05, 0.1) is 12.4 Å². The van der Waals surface area contributed by atoms with Gasteiger partial charge < -0.3 is 4.74 Å². The zero-order valence-corrected chi connectivity index (χ0v) is 12.4. The molecule has 0 spiro atoms. The van der Waals surface area contributed by atoms with E-state index < -0.39 is 32.5 Å². The maximum atomic E-state index is 11.5. The number of sulfone groups is 1. The van der Waals surface area contributed by atoms with Crippen LogP contribution >= 0.6 is 0 Å². The average molecular weight is 315 g/mol. The van der Waals surface area contributed by atoms with E-state index in [0.717, 1.165) is 19.1 Å². The van der Waals surface area contributed by atoms with Crippen molar-refractivity contribution in [2.75, 3.05) is 12.4 Å². The van der Waals surface area contributed by atoms with Gasteiger partial charge in [0.15, 0.2) is 5.78 Å². The van der Waals surface area contributed by atoms with Crippen LogP contribution in [0.1, 0.15) is 26.2 Å². The molecule has 0 fully saturated rings. The van der Waals surface area contributed by atoms with Gasteiger partial charge in [-0.3, -0.25) is 19.7 Å². The van der Waals surface area contributed by atoms with E-state index in [0.29, 0.717) is 6.42 Å². The van der Waals surface area contributed by atoms with Gasteiger partial charge in [-0.05, 0) is 12.5 Å². The van der Waals surface area contributed by atoms with Crippen molar-refractivity contribution in [3.63, 3.8) is 0 Å². The van der Waals surface area contributed by atoms with Gasteiger partial charge >= 0.3 is 5.24 Å². The Kier molecular flexibility index (Phi) is 6.29. The fraction of sp³-hybridized carbons (Fsp3) is 0.462. The highest BCUT2D eigenvalue weighted by molar-refractivity contribution is 8.06. The van der Waals surface area contributed by atoms with E-state index in [9.17, 15) is 22.8 Å². The number of amides is 2. The van der Waals surface area contributed by atoms with Crippen molar-refractivity contribution in [3.05, 3.63) is 24.0 Å². The molecule has 0 heterocycles. The highest BCUT2D eigenvalue weighted by Crippen LogP contribution is 2.12. The van der Waals surface area contributed by atoms with Crippen molar-refractivity contribution in [2.24, 2.45) is 0 Å². The highest BCUT2D eigenvalue weighted by atomic mass is 32.2. The van der Waals surface area contributed by atoms with Crippen LogP contribution < -0.4 is 5.32 Å². The Morgan fingerprint density at radius 2 is 2.00 bits per heavy atom. The van der Waals surface area contributed by atoms with Crippen LogP contribution in [-0.4, -0.2) is 37.7 Å². The molecule has 0 aliphatic heterocycles. The Morgan fingerprint density at radius 1 is 1.29 bits per heavy atom. The lowest BCUT2D eigenvalue weighted by atomic mass is 10.2. The van der Waals surface area contributed by atoms with Crippen LogP contribution in [0.5, 0.6) is 0 Å². The first kappa shape index (κ1) is 17.1. The minimum absolute atomic E-state index is 0.0579. The summed E-state index contributed by atoms with van der Waals surface area (Å²) in [6, 6.07) is 0. The summed E-state index contributed by atoms with van der Waals surface area (Å²) in [6.07, 6.45) is 7.09. The normalized spacial score (nSPS) is 14.2. The highest BCUT2D eigenvalue weighted by Gasteiger charge is 2.26. The molecule has 0 aromatic heterocycles. The van der Waals surface area contributed by atoms with Crippen LogP contribution in [0, 0.1) is 0 Å². The number of Topliss-reactive ketones (excluding diaryl/α,β-unsaturated/α-hetero) is 1. The number of imide groups is 1. The van der Waals surface area contributed by atoms with E-state index in [2.05, 4.69) is 0 Å². The Bertz CT molecular complexity index is 588. The predicted molar refractivity (Wildman–Crippen MR) is 75.0 cm³/mol.